The van der Waals surface area contributed by atoms with Gasteiger partial charge in [0.2, 0.25) is 0 Å². The fraction of sp³-hybridized carbons (Fsp3) is 0.571. The molecule has 0 spiro atoms. The Kier molecular flexibility index (Phi) is 4.07. The van der Waals surface area contributed by atoms with Gasteiger partial charge in [0.25, 0.3) is 0 Å². The van der Waals surface area contributed by atoms with Gasteiger partial charge in [0.05, 0.1) is 16.2 Å². The Labute approximate surface area is 109 Å². The van der Waals surface area contributed by atoms with Gasteiger partial charge in [-0.2, -0.15) is 0 Å². The largest absolute Gasteiger partial charge is 0.392 e. The molecular weight excluding hydrogens is 248 g/mol. The molecule has 0 amide bonds. The first-order valence-corrected chi connectivity index (χ1v) is 8.07. The molecule has 1 fully saturated rings. The van der Waals surface area contributed by atoms with Crippen molar-refractivity contribution in [2.75, 3.05) is 0 Å². The van der Waals surface area contributed by atoms with E-state index in [0.717, 1.165) is 12.8 Å². The van der Waals surface area contributed by atoms with Gasteiger partial charge in [-0.25, -0.2) is 8.42 Å². The van der Waals surface area contributed by atoms with E-state index in [0.29, 0.717) is 23.7 Å². The zero-order valence-corrected chi connectivity index (χ0v) is 11.4. The minimum atomic E-state index is -3.40. The molecule has 3 atom stereocenters. The summed E-state index contributed by atoms with van der Waals surface area (Å²) in [4.78, 5) is 0.325. The Morgan fingerprint density at radius 2 is 1.89 bits per heavy atom. The van der Waals surface area contributed by atoms with Crippen LogP contribution < -0.4 is 0 Å². The van der Waals surface area contributed by atoms with Gasteiger partial charge in [0.1, 0.15) is 0 Å². The molecule has 0 bridgehead atoms. The van der Waals surface area contributed by atoms with Crippen molar-refractivity contribution >= 4 is 9.84 Å². The molecule has 0 heterocycles. The van der Waals surface area contributed by atoms with Crippen molar-refractivity contribution < 1.29 is 13.5 Å². The highest BCUT2D eigenvalue weighted by molar-refractivity contribution is 7.92. The number of sulfone groups is 1. The van der Waals surface area contributed by atoms with E-state index in [1.807, 2.05) is 0 Å². The van der Waals surface area contributed by atoms with Crippen LogP contribution in [0.15, 0.2) is 35.2 Å². The maximum absolute atomic E-state index is 12.5. The second-order valence-corrected chi connectivity index (χ2v) is 7.22. The second kappa shape index (κ2) is 5.41. The predicted octanol–water partition coefficient (Wildman–Crippen LogP) is 2.40. The Balaban J connectivity index is 2.29. The molecule has 0 radical (unpaired) electrons. The zero-order valence-electron chi connectivity index (χ0n) is 10.6. The SMILES string of the molecule is CCC1CCC(O)C(S(=O)(=O)c2ccccc2)C1. The first kappa shape index (κ1) is 13.6. The van der Waals surface area contributed by atoms with Gasteiger partial charge in [-0.3, -0.25) is 0 Å². The maximum Gasteiger partial charge on any atom is 0.183 e. The third-order valence-corrected chi connectivity index (χ3v) is 6.15. The van der Waals surface area contributed by atoms with Gasteiger partial charge in [-0.05, 0) is 37.3 Å². The zero-order chi connectivity index (χ0) is 13.2. The first-order valence-electron chi connectivity index (χ1n) is 6.52. The van der Waals surface area contributed by atoms with Crippen molar-refractivity contribution in [3.05, 3.63) is 30.3 Å². The average Bonchev–Trinajstić information content (AvgIpc) is 2.40. The number of hydrogen-bond acceptors (Lipinski definition) is 3. The summed E-state index contributed by atoms with van der Waals surface area (Å²) in [6.45, 7) is 2.08. The van der Waals surface area contributed by atoms with E-state index in [-0.39, 0.29) is 0 Å². The van der Waals surface area contributed by atoms with Crippen molar-refractivity contribution in [1.82, 2.24) is 0 Å². The van der Waals surface area contributed by atoms with Gasteiger partial charge in [-0.15, -0.1) is 0 Å². The lowest BCUT2D eigenvalue weighted by atomic mass is 9.85. The molecule has 3 nitrogen and oxygen atoms in total. The van der Waals surface area contributed by atoms with E-state index in [1.54, 1.807) is 30.3 Å². The highest BCUT2D eigenvalue weighted by Crippen LogP contribution is 2.33. The summed E-state index contributed by atoms with van der Waals surface area (Å²) < 4.78 is 25.0. The maximum atomic E-state index is 12.5. The molecule has 0 aliphatic heterocycles. The number of benzene rings is 1. The van der Waals surface area contributed by atoms with Gasteiger partial charge >= 0.3 is 0 Å². The van der Waals surface area contributed by atoms with Crippen LogP contribution >= 0.6 is 0 Å². The highest BCUT2D eigenvalue weighted by Gasteiger charge is 2.38. The Morgan fingerprint density at radius 1 is 1.22 bits per heavy atom. The molecule has 18 heavy (non-hydrogen) atoms. The summed E-state index contributed by atoms with van der Waals surface area (Å²) in [5.41, 5.74) is 0. The Bertz CT molecular complexity index is 481. The highest BCUT2D eigenvalue weighted by atomic mass is 32.2. The van der Waals surface area contributed by atoms with Crippen LogP contribution in [0.4, 0.5) is 0 Å². The van der Waals surface area contributed by atoms with Crippen LogP contribution in [0.25, 0.3) is 0 Å². The van der Waals surface area contributed by atoms with Crippen molar-refractivity contribution in [3.8, 4) is 0 Å². The van der Waals surface area contributed by atoms with Crippen molar-refractivity contribution in [2.45, 2.75) is 48.9 Å². The number of aliphatic hydroxyl groups excluding tert-OH is 1. The number of aliphatic hydroxyl groups is 1. The molecule has 4 heteroatoms. The molecule has 1 aromatic rings. The standard InChI is InChI=1S/C14H20O3S/c1-2-11-8-9-13(15)14(10-11)18(16,17)12-6-4-3-5-7-12/h3-7,11,13-15H,2,8-10H2,1H3. The van der Waals surface area contributed by atoms with Crippen LogP contribution in [0.3, 0.4) is 0 Å². The van der Waals surface area contributed by atoms with E-state index in [9.17, 15) is 13.5 Å². The third kappa shape index (κ3) is 2.59. The number of rotatable bonds is 3. The summed E-state index contributed by atoms with van der Waals surface area (Å²) >= 11 is 0. The molecule has 2 rings (SSSR count). The van der Waals surface area contributed by atoms with E-state index in [4.69, 9.17) is 0 Å². The molecule has 1 aromatic carbocycles. The summed E-state index contributed by atoms with van der Waals surface area (Å²) in [7, 11) is -3.40. The minimum Gasteiger partial charge on any atom is -0.392 e. The van der Waals surface area contributed by atoms with E-state index < -0.39 is 21.2 Å². The van der Waals surface area contributed by atoms with Gasteiger partial charge < -0.3 is 5.11 Å². The summed E-state index contributed by atoms with van der Waals surface area (Å²) in [5.74, 6) is 0.414. The molecule has 1 aliphatic carbocycles. The van der Waals surface area contributed by atoms with E-state index >= 15 is 0 Å². The summed E-state index contributed by atoms with van der Waals surface area (Å²) in [6, 6.07) is 8.46. The predicted molar refractivity (Wildman–Crippen MR) is 71.1 cm³/mol. The fourth-order valence-electron chi connectivity index (χ4n) is 2.69. The normalized spacial score (nSPS) is 29.1. The smallest absolute Gasteiger partial charge is 0.183 e. The van der Waals surface area contributed by atoms with Crippen molar-refractivity contribution in [1.29, 1.82) is 0 Å². The molecular formula is C14H20O3S. The van der Waals surface area contributed by atoms with Crippen LogP contribution in [0.5, 0.6) is 0 Å². The lowest BCUT2D eigenvalue weighted by molar-refractivity contribution is 0.111. The summed E-state index contributed by atoms with van der Waals surface area (Å²) in [5, 5.41) is 9.36. The van der Waals surface area contributed by atoms with Crippen molar-refractivity contribution in [2.24, 2.45) is 5.92 Å². The van der Waals surface area contributed by atoms with Crippen LogP contribution in [0.2, 0.25) is 0 Å². The fourth-order valence-corrected chi connectivity index (χ4v) is 4.65. The quantitative estimate of drug-likeness (QED) is 0.916. The van der Waals surface area contributed by atoms with Crippen LogP contribution in [-0.4, -0.2) is 24.9 Å². The monoisotopic (exact) mass is 268 g/mol. The molecule has 0 aromatic heterocycles. The molecule has 1 N–H and O–H groups in total. The van der Waals surface area contributed by atoms with Crippen LogP contribution in [0.1, 0.15) is 32.6 Å². The lowest BCUT2D eigenvalue weighted by Crippen LogP contribution is -2.39. The summed E-state index contributed by atoms with van der Waals surface area (Å²) in [6.07, 6.45) is 2.36. The molecule has 0 saturated heterocycles. The van der Waals surface area contributed by atoms with Gasteiger partial charge in [-0.1, -0.05) is 31.5 Å². The van der Waals surface area contributed by atoms with Gasteiger partial charge in [0.15, 0.2) is 9.84 Å². The third-order valence-electron chi connectivity index (χ3n) is 3.91. The van der Waals surface area contributed by atoms with E-state index in [2.05, 4.69) is 6.92 Å². The van der Waals surface area contributed by atoms with Crippen molar-refractivity contribution in [3.63, 3.8) is 0 Å². The molecule has 1 aliphatic rings. The number of hydrogen-bond donors (Lipinski definition) is 1. The molecule has 100 valence electrons. The molecule has 1 saturated carbocycles. The van der Waals surface area contributed by atoms with Crippen LogP contribution in [-0.2, 0) is 9.84 Å². The first-order chi connectivity index (χ1) is 8.55. The second-order valence-electron chi connectivity index (χ2n) is 5.05. The lowest BCUT2D eigenvalue weighted by Gasteiger charge is -2.32. The Hall–Kier alpha value is -0.870. The van der Waals surface area contributed by atoms with Gasteiger partial charge in [0, 0.05) is 0 Å². The molecule has 3 unspecified atom stereocenters. The topological polar surface area (TPSA) is 54.4 Å². The van der Waals surface area contributed by atoms with E-state index in [1.165, 1.54) is 0 Å². The average molecular weight is 268 g/mol. The van der Waals surface area contributed by atoms with Crippen LogP contribution in [0, 0.1) is 5.92 Å². The Morgan fingerprint density at radius 3 is 2.50 bits per heavy atom. The minimum absolute atomic E-state index is 0.325.